The maximum atomic E-state index is 12.6. The molecule has 0 saturated heterocycles. The van der Waals surface area contributed by atoms with E-state index in [1.165, 1.54) is 11.1 Å². The molecule has 0 aliphatic carbocycles. The van der Waals surface area contributed by atoms with Gasteiger partial charge in [0.05, 0.1) is 0 Å². The summed E-state index contributed by atoms with van der Waals surface area (Å²) in [4.78, 5) is 16.8. The average Bonchev–Trinajstić information content (AvgIpc) is 2.59. The molecule has 0 spiro atoms. The summed E-state index contributed by atoms with van der Waals surface area (Å²) in [5.41, 5.74) is 2.45. The topological polar surface area (TPSA) is 23.6 Å². The molecule has 3 nitrogen and oxygen atoms in total. The molecule has 1 amide bonds. The molecule has 3 heteroatoms. The smallest absolute Gasteiger partial charge is 0.224 e. The minimum Gasteiger partial charge on any atom is -0.336 e. The molecule has 0 unspecified atom stereocenters. The van der Waals surface area contributed by atoms with Crippen molar-refractivity contribution < 1.29 is 4.79 Å². The summed E-state index contributed by atoms with van der Waals surface area (Å²) in [5.74, 6) is 0.216. The number of rotatable bonds is 8. The molecule has 2 aromatic carbocycles. The number of benzene rings is 2. The van der Waals surface area contributed by atoms with Crippen LogP contribution in [-0.4, -0.2) is 35.3 Å². The van der Waals surface area contributed by atoms with Crippen LogP contribution in [0.3, 0.4) is 0 Å². The Bertz CT molecular complexity index is 610. The maximum Gasteiger partial charge on any atom is 0.224 e. The number of amides is 1. The van der Waals surface area contributed by atoms with Crippen LogP contribution in [0.15, 0.2) is 60.7 Å². The van der Waals surface area contributed by atoms with Crippen LogP contribution in [0.5, 0.6) is 0 Å². The Hall–Kier alpha value is -2.13. The fourth-order valence-electron chi connectivity index (χ4n) is 2.74. The van der Waals surface area contributed by atoms with Crippen molar-refractivity contribution in [2.45, 2.75) is 39.4 Å². The highest BCUT2D eigenvalue weighted by atomic mass is 16.2. The molecule has 0 N–H and O–H groups in total. The Morgan fingerprint density at radius 1 is 0.875 bits per heavy atom. The van der Waals surface area contributed by atoms with Crippen molar-refractivity contribution in [3.05, 3.63) is 71.8 Å². The SMILES string of the molecule is CC(C)N(Cc1ccccc1)C(=O)CCN(C)Cc1ccccc1. The van der Waals surface area contributed by atoms with E-state index in [9.17, 15) is 4.79 Å². The Balaban J connectivity index is 1.86. The first-order valence-electron chi connectivity index (χ1n) is 8.62. The second kappa shape index (κ2) is 9.24. The summed E-state index contributed by atoms with van der Waals surface area (Å²) < 4.78 is 0. The molecule has 2 rings (SSSR count). The Morgan fingerprint density at radius 2 is 1.38 bits per heavy atom. The van der Waals surface area contributed by atoms with E-state index in [0.717, 1.165) is 13.1 Å². The number of nitrogens with zero attached hydrogens (tertiary/aromatic N) is 2. The molecule has 0 saturated carbocycles. The lowest BCUT2D eigenvalue weighted by molar-refractivity contribution is -0.133. The predicted molar refractivity (Wildman–Crippen MR) is 99.5 cm³/mol. The van der Waals surface area contributed by atoms with Gasteiger partial charge >= 0.3 is 0 Å². The molecule has 0 atom stereocenters. The number of carbonyl (C=O) groups excluding carboxylic acids is 1. The molecule has 0 heterocycles. The van der Waals surface area contributed by atoms with Crippen LogP contribution in [0.2, 0.25) is 0 Å². The highest BCUT2D eigenvalue weighted by Gasteiger charge is 2.17. The van der Waals surface area contributed by atoms with E-state index in [-0.39, 0.29) is 11.9 Å². The van der Waals surface area contributed by atoms with E-state index in [1.54, 1.807) is 0 Å². The number of hydrogen-bond acceptors (Lipinski definition) is 2. The molecular weight excluding hydrogens is 296 g/mol. The van der Waals surface area contributed by atoms with Gasteiger partial charge < -0.3 is 9.80 Å². The van der Waals surface area contributed by atoms with Crippen molar-refractivity contribution in [2.75, 3.05) is 13.6 Å². The fourth-order valence-corrected chi connectivity index (χ4v) is 2.74. The molecule has 0 radical (unpaired) electrons. The van der Waals surface area contributed by atoms with Gasteiger partial charge in [-0.1, -0.05) is 60.7 Å². The molecule has 0 bridgehead atoms. The van der Waals surface area contributed by atoms with Gasteiger partial charge in [0, 0.05) is 32.1 Å². The highest BCUT2D eigenvalue weighted by molar-refractivity contribution is 5.76. The molecule has 24 heavy (non-hydrogen) atoms. The van der Waals surface area contributed by atoms with Gasteiger partial charge in [0.1, 0.15) is 0 Å². The lowest BCUT2D eigenvalue weighted by Crippen LogP contribution is -2.38. The van der Waals surface area contributed by atoms with Crippen LogP contribution in [0.25, 0.3) is 0 Å². The first-order valence-corrected chi connectivity index (χ1v) is 8.62. The first-order chi connectivity index (χ1) is 11.6. The first kappa shape index (κ1) is 18.2. The van der Waals surface area contributed by atoms with Gasteiger partial charge in [-0.05, 0) is 32.0 Å². The van der Waals surface area contributed by atoms with Crippen molar-refractivity contribution in [3.63, 3.8) is 0 Å². The molecule has 2 aromatic rings. The third-order valence-electron chi connectivity index (χ3n) is 4.14. The van der Waals surface area contributed by atoms with Crippen molar-refractivity contribution in [1.82, 2.24) is 9.80 Å². The van der Waals surface area contributed by atoms with Gasteiger partial charge in [0.2, 0.25) is 5.91 Å². The van der Waals surface area contributed by atoms with Crippen molar-refractivity contribution in [2.24, 2.45) is 0 Å². The summed E-state index contributed by atoms with van der Waals surface area (Å²) in [7, 11) is 2.07. The van der Waals surface area contributed by atoms with Gasteiger partial charge in [0.15, 0.2) is 0 Å². The van der Waals surface area contributed by atoms with E-state index >= 15 is 0 Å². The van der Waals surface area contributed by atoms with Crippen LogP contribution >= 0.6 is 0 Å². The van der Waals surface area contributed by atoms with Gasteiger partial charge in [-0.3, -0.25) is 4.79 Å². The second-order valence-corrected chi connectivity index (χ2v) is 6.57. The highest BCUT2D eigenvalue weighted by Crippen LogP contribution is 2.11. The third-order valence-corrected chi connectivity index (χ3v) is 4.14. The van der Waals surface area contributed by atoms with E-state index in [0.29, 0.717) is 13.0 Å². The van der Waals surface area contributed by atoms with E-state index < -0.39 is 0 Å². The van der Waals surface area contributed by atoms with Gasteiger partial charge in [-0.25, -0.2) is 0 Å². The lowest BCUT2D eigenvalue weighted by Gasteiger charge is -2.28. The van der Waals surface area contributed by atoms with Crippen LogP contribution in [-0.2, 0) is 17.9 Å². The van der Waals surface area contributed by atoms with E-state index in [2.05, 4.69) is 62.2 Å². The van der Waals surface area contributed by atoms with Crippen molar-refractivity contribution in [1.29, 1.82) is 0 Å². The maximum absolute atomic E-state index is 12.6. The summed E-state index contributed by atoms with van der Waals surface area (Å²) >= 11 is 0. The normalized spacial score (nSPS) is 11.0. The van der Waals surface area contributed by atoms with E-state index in [1.807, 2.05) is 29.2 Å². The molecule has 0 aromatic heterocycles. The quantitative estimate of drug-likeness (QED) is 0.734. The fraction of sp³-hybridized carbons (Fsp3) is 0.381. The monoisotopic (exact) mass is 324 g/mol. The second-order valence-electron chi connectivity index (χ2n) is 6.57. The van der Waals surface area contributed by atoms with Crippen LogP contribution in [0.1, 0.15) is 31.4 Å². The van der Waals surface area contributed by atoms with E-state index in [4.69, 9.17) is 0 Å². The Kier molecular flexibility index (Phi) is 7.01. The number of hydrogen-bond donors (Lipinski definition) is 0. The summed E-state index contributed by atoms with van der Waals surface area (Å²) in [5, 5.41) is 0. The number of carbonyl (C=O) groups is 1. The predicted octanol–water partition coefficient (Wildman–Crippen LogP) is 3.95. The summed E-state index contributed by atoms with van der Waals surface area (Å²) in [6, 6.07) is 20.8. The van der Waals surface area contributed by atoms with Gasteiger partial charge in [-0.15, -0.1) is 0 Å². The summed E-state index contributed by atoms with van der Waals surface area (Å²) in [6.45, 7) is 6.48. The zero-order valence-electron chi connectivity index (χ0n) is 15.0. The zero-order chi connectivity index (χ0) is 17.4. The molecule has 0 fully saturated rings. The van der Waals surface area contributed by atoms with Crippen LogP contribution in [0.4, 0.5) is 0 Å². The third kappa shape index (κ3) is 5.82. The van der Waals surface area contributed by atoms with Crippen LogP contribution < -0.4 is 0 Å². The average molecular weight is 324 g/mol. The molecule has 0 aliphatic rings. The molecular formula is C21H28N2O. The molecule has 128 valence electrons. The Labute approximate surface area is 145 Å². The minimum atomic E-state index is 0.206. The largest absolute Gasteiger partial charge is 0.336 e. The van der Waals surface area contributed by atoms with Gasteiger partial charge in [0.25, 0.3) is 0 Å². The van der Waals surface area contributed by atoms with Crippen molar-refractivity contribution in [3.8, 4) is 0 Å². The molecule has 0 aliphatic heterocycles. The summed E-state index contributed by atoms with van der Waals surface area (Å²) in [6.07, 6.45) is 0.550. The van der Waals surface area contributed by atoms with Gasteiger partial charge in [-0.2, -0.15) is 0 Å². The lowest BCUT2D eigenvalue weighted by atomic mass is 10.1. The Morgan fingerprint density at radius 3 is 1.88 bits per heavy atom. The van der Waals surface area contributed by atoms with Crippen LogP contribution in [0, 0.1) is 0 Å². The van der Waals surface area contributed by atoms with Crippen molar-refractivity contribution >= 4 is 5.91 Å². The standard InChI is InChI=1S/C21H28N2O/c1-18(2)23(17-20-12-8-5-9-13-20)21(24)14-15-22(3)16-19-10-6-4-7-11-19/h4-13,18H,14-17H2,1-3H3. The minimum absolute atomic E-state index is 0.206. The zero-order valence-corrected chi connectivity index (χ0v) is 15.0.